The molecule has 0 spiro atoms. The third kappa shape index (κ3) is 2.13. The number of rotatable bonds is 3. The summed E-state index contributed by atoms with van der Waals surface area (Å²) in [6, 6.07) is 1.94. The summed E-state index contributed by atoms with van der Waals surface area (Å²) in [6.45, 7) is 0.631. The van der Waals surface area contributed by atoms with E-state index in [9.17, 15) is 0 Å². The molecule has 0 aliphatic carbocycles. The maximum absolute atomic E-state index is 5.64. The first-order chi connectivity index (χ1) is 7.68. The molecule has 0 saturated heterocycles. The van der Waals surface area contributed by atoms with Gasteiger partial charge in [0.15, 0.2) is 0 Å². The van der Waals surface area contributed by atoms with Gasteiger partial charge in [-0.2, -0.15) is 5.10 Å². The average molecular weight is 283 g/mol. The molecule has 2 aromatic rings. The van der Waals surface area contributed by atoms with Gasteiger partial charge in [-0.25, -0.2) is 9.97 Å². The Morgan fingerprint density at radius 2 is 2.31 bits per heavy atom. The number of nitrogens with one attached hydrogen (secondary N) is 1. The molecule has 0 radical (unpaired) electrons. The minimum absolute atomic E-state index is 0.419. The number of nitrogen functional groups attached to an aromatic ring is 1. The van der Waals surface area contributed by atoms with Crippen LogP contribution in [-0.2, 0) is 13.6 Å². The Balaban J connectivity index is 2.11. The Morgan fingerprint density at radius 3 is 3.00 bits per heavy atom. The molecule has 0 unspecified atom stereocenters. The molecule has 0 aliphatic rings. The van der Waals surface area contributed by atoms with Gasteiger partial charge in [-0.05, 0) is 22.0 Å². The van der Waals surface area contributed by atoms with Gasteiger partial charge in [0.2, 0.25) is 0 Å². The fourth-order valence-corrected chi connectivity index (χ4v) is 1.60. The summed E-state index contributed by atoms with van der Waals surface area (Å²) in [5.74, 6) is 1.09. The number of nitrogens with zero attached hydrogens (tertiary/aromatic N) is 4. The predicted octanol–water partition coefficient (Wildman–Crippen LogP) is 1.17. The van der Waals surface area contributed by atoms with Crippen molar-refractivity contribution in [3.8, 4) is 0 Å². The first kappa shape index (κ1) is 10.9. The quantitative estimate of drug-likeness (QED) is 0.883. The molecule has 2 rings (SSSR count). The molecule has 0 bridgehead atoms. The van der Waals surface area contributed by atoms with Crippen LogP contribution in [0.1, 0.15) is 5.69 Å². The highest BCUT2D eigenvalue weighted by Gasteiger charge is 2.06. The number of hydrogen-bond acceptors (Lipinski definition) is 5. The molecule has 0 amide bonds. The second-order valence-electron chi connectivity index (χ2n) is 3.22. The van der Waals surface area contributed by atoms with Crippen LogP contribution in [0.15, 0.2) is 23.1 Å². The lowest BCUT2D eigenvalue weighted by Gasteiger charge is -2.08. The number of nitrogens with two attached hydrogens (primary N) is 1. The van der Waals surface area contributed by atoms with Gasteiger partial charge < -0.3 is 11.1 Å². The molecule has 7 heteroatoms. The number of hydrogen-bond donors (Lipinski definition) is 2. The highest BCUT2D eigenvalue weighted by atomic mass is 79.9. The van der Waals surface area contributed by atoms with Crippen molar-refractivity contribution in [2.24, 2.45) is 7.05 Å². The monoisotopic (exact) mass is 282 g/mol. The summed E-state index contributed by atoms with van der Waals surface area (Å²) < 4.78 is 2.48. The summed E-state index contributed by atoms with van der Waals surface area (Å²) in [7, 11) is 1.89. The van der Waals surface area contributed by atoms with Gasteiger partial charge in [0.1, 0.15) is 22.4 Å². The lowest BCUT2D eigenvalue weighted by molar-refractivity contribution is 0.719. The minimum atomic E-state index is 0.419. The maximum Gasteiger partial charge on any atom is 0.146 e. The summed E-state index contributed by atoms with van der Waals surface area (Å²) in [5, 5.41) is 7.23. The molecular weight excluding hydrogens is 272 g/mol. The van der Waals surface area contributed by atoms with E-state index in [1.54, 1.807) is 10.9 Å². The molecule has 3 N–H and O–H groups in total. The summed E-state index contributed by atoms with van der Waals surface area (Å²) in [4.78, 5) is 7.95. The van der Waals surface area contributed by atoms with Crippen molar-refractivity contribution in [1.82, 2.24) is 19.7 Å². The largest absolute Gasteiger partial charge is 0.383 e. The fraction of sp³-hybridized carbons (Fsp3) is 0.222. The summed E-state index contributed by atoms with van der Waals surface area (Å²) in [5.41, 5.74) is 6.70. The van der Waals surface area contributed by atoms with Gasteiger partial charge in [0, 0.05) is 13.2 Å². The second-order valence-corrected chi connectivity index (χ2v) is 4.01. The third-order valence-electron chi connectivity index (χ3n) is 2.18. The van der Waals surface area contributed by atoms with E-state index in [2.05, 4.69) is 36.3 Å². The van der Waals surface area contributed by atoms with Crippen LogP contribution in [0.25, 0.3) is 0 Å². The Morgan fingerprint density at radius 1 is 1.50 bits per heavy atom. The van der Waals surface area contributed by atoms with Crippen molar-refractivity contribution in [3.05, 3.63) is 28.8 Å². The lowest BCUT2D eigenvalue weighted by atomic mass is 10.4. The number of aromatic nitrogens is 4. The minimum Gasteiger partial charge on any atom is -0.383 e. The van der Waals surface area contributed by atoms with Gasteiger partial charge in [0.25, 0.3) is 0 Å². The molecule has 6 nitrogen and oxygen atoms in total. The van der Waals surface area contributed by atoms with Crippen LogP contribution in [0.3, 0.4) is 0 Å². The molecule has 84 valence electrons. The van der Waals surface area contributed by atoms with Crippen molar-refractivity contribution in [2.75, 3.05) is 11.1 Å². The highest BCUT2D eigenvalue weighted by Crippen LogP contribution is 2.24. The van der Waals surface area contributed by atoms with Crippen molar-refractivity contribution in [3.63, 3.8) is 0 Å². The Bertz CT molecular complexity index is 494. The fourth-order valence-electron chi connectivity index (χ4n) is 1.26. The normalized spacial score (nSPS) is 10.4. The van der Waals surface area contributed by atoms with Crippen molar-refractivity contribution in [2.45, 2.75) is 6.54 Å². The zero-order chi connectivity index (χ0) is 11.5. The van der Waals surface area contributed by atoms with Crippen LogP contribution in [0.2, 0.25) is 0 Å². The summed E-state index contributed by atoms with van der Waals surface area (Å²) >= 11 is 3.33. The lowest BCUT2D eigenvalue weighted by Crippen LogP contribution is -2.08. The zero-order valence-electron chi connectivity index (χ0n) is 8.68. The van der Waals surface area contributed by atoms with E-state index < -0.39 is 0 Å². The van der Waals surface area contributed by atoms with E-state index in [0.29, 0.717) is 22.7 Å². The SMILES string of the molecule is Cn1nccc1CNc1ncnc(N)c1Br. The van der Waals surface area contributed by atoms with E-state index in [4.69, 9.17) is 5.73 Å². The van der Waals surface area contributed by atoms with E-state index >= 15 is 0 Å². The highest BCUT2D eigenvalue weighted by molar-refractivity contribution is 9.10. The number of anilines is 2. The maximum atomic E-state index is 5.64. The molecule has 0 saturated carbocycles. The van der Waals surface area contributed by atoms with Gasteiger partial charge in [-0.15, -0.1) is 0 Å². The van der Waals surface area contributed by atoms with E-state index in [1.807, 2.05) is 13.1 Å². The Labute approximate surface area is 101 Å². The molecule has 0 atom stereocenters. The molecule has 16 heavy (non-hydrogen) atoms. The molecular formula is C9H11BrN6. The first-order valence-corrected chi connectivity index (χ1v) is 5.44. The van der Waals surface area contributed by atoms with Gasteiger partial charge >= 0.3 is 0 Å². The second kappa shape index (κ2) is 4.48. The van der Waals surface area contributed by atoms with Crippen molar-refractivity contribution < 1.29 is 0 Å². The smallest absolute Gasteiger partial charge is 0.146 e. The Kier molecular flexibility index (Phi) is 3.04. The third-order valence-corrected chi connectivity index (χ3v) is 2.96. The molecule has 0 aliphatic heterocycles. The molecule has 0 fully saturated rings. The number of aryl methyl sites for hydroxylation is 1. The van der Waals surface area contributed by atoms with Crippen LogP contribution in [0.4, 0.5) is 11.6 Å². The average Bonchev–Trinajstić information content (AvgIpc) is 2.67. The van der Waals surface area contributed by atoms with Crippen molar-refractivity contribution in [1.29, 1.82) is 0 Å². The van der Waals surface area contributed by atoms with Crippen LogP contribution in [0, 0.1) is 0 Å². The molecule has 0 aromatic carbocycles. The van der Waals surface area contributed by atoms with Crippen LogP contribution in [0.5, 0.6) is 0 Å². The molecule has 2 aromatic heterocycles. The first-order valence-electron chi connectivity index (χ1n) is 4.65. The van der Waals surface area contributed by atoms with Gasteiger partial charge in [0.05, 0.1) is 12.2 Å². The Hall–Kier alpha value is -1.63. The van der Waals surface area contributed by atoms with E-state index in [1.165, 1.54) is 6.33 Å². The topological polar surface area (TPSA) is 81.7 Å². The van der Waals surface area contributed by atoms with Crippen LogP contribution < -0.4 is 11.1 Å². The van der Waals surface area contributed by atoms with Crippen LogP contribution >= 0.6 is 15.9 Å². The van der Waals surface area contributed by atoms with Crippen LogP contribution in [-0.4, -0.2) is 19.7 Å². The predicted molar refractivity (Wildman–Crippen MR) is 64.7 cm³/mol. The van der Waals surface area contributed by atoms with Gasteiger partial charge in [-0.3, -0.25) is 4.68 Å². The van der Waals surface area contributed by atoms with E-state index in [-0.39, 0.29) is 0 Å². The number of halogens is 1. The molecule has 2 heterocycles. The standard InChI is InChI=1S/C9H11BrN6/c1-16-6(2-3-15-16)4-12-9-7(10)8(11)13-5-14-9/h2-3,5H,4H2,1H3,(H3,11,12,13,14). The van der Waals surface area contributed by atoms with E-state index in [0.717, 1.165) is 5.69 Å². The van der Waals surface area contributed by atoms with Crippen molar-refractivity contribution >= 4 is 27.6 Å². The summed E-state index contributed by atoms with van der Waals surface area (Å²) in [6.07, 6.45) is 3.17. The zero-order valence-corrected chi connectivity index (χ0v) is 10.3. The van der Waals surface area contributed by atoms with Gasteiger partial charge in [-0.1, -0.05) is 0 Å².